The SMILES string of the molecule is CC/C=C\C/C=C\C/C=C\C/C=C\C/C=C\CCCCCCCCCCCCCC(=O)NC(COC1OC(CO)C(O)C(O)C1O)C(O)/C=C/CCCCCCCCCCCCCCCCCCCCCCCCCC. The molecule has 0 aromatic heterocycles. The highest BCUT2D eigenvalue weighted by atomic mass is 16.7. The lowest BCUT2D eigenvalue weighted by molar-refractivity contribution is -0.302. The van der Waals surface area contributed by atoms with Gasteiger partial charge in [-0.3, -0.25) is 4.79 Å². The number of ether oxygens (including phenoxy) is 2. The number of hydrogen-bond donors (Lipinski definition) is 6. The highest BCUT2D eigenvalue weighted by molar-refractivity contribution is 5.76. The minimum absolute atomic E-state index is 0.179. The van der Waals surface area contributed by atoms with E-state index in [4.69, 9.17) is 9.47 Å². The molecule has 1 rings (SSSR count). The zero-order chi connectivity index (χ0) is 55.0. The molecule has 1 heterocycles. The summed E-state index contributed by atoms with van der Waals surface area (Å²) < 4.78 is 11.3. The van der Waals surface area contributed by atoms with Crippen LogP contribution in [0.4, 0.5) is 0 Å². The molecule has 442 valence electrons. The van der Waals surface area contributed by atoms with Crippen molar-refractivity contribution in [1.82, 2.24) is 5.32 Å². The first-order valence-electron chi connectivity index (χ1n) is 32.2. The monoisotopic (exact) mass is 1070 g/mol. The Labute approximate surface area is 468 Å². The van der Waals surface area contributed by atoms with Gasteiger partial charge < -0.3 is 40.3 Å². The lowest BCUT2D eigenvalue weighted by Crippen LogP contribution is -2.60. The third-order valence-electron chi connectivity index (χ3n) is 15.0. The number of unbranched alkanes of at least 4 members (excludes halogenated alkanes) is 35. The Bertz CT molecular complexity index is 1420. The average molecular weight is 1070 g/mol. The minimum atomic E-state index is -1.57. The number of aliphatic hydroxyl groups is 5. The fourth-order valence-corrected chi connectivity index (χ4v) is 10.0. The van der Waals surface area contributed by atoms with Gasteiger partial charge in [-0.05, 0) is 64.2 Å². The standard InChI is InChI=1S/C67H121NO8/c1-3-5-7-9-11-13-15-17-19-21-23-25-27-29-31-33-35-37-39-41-43-45-47-49-51-53-55-57-63(71)68-60(59-75-67-66(74)65(73)64(72)62(58-69)76-67)61(70)56-54-52-50-48-46-44-42-40-38-36-34-32-30-28-26-24-22-20-18-16-14-12-10-8-6-4-2/h5,7,11,13,17,19,23,25,29,31,54,56,60-62,64-67,69-70,72-74H,3-4,6,8-10,12,14-16,18,20-22,24,26-28,30,32-53,55,57-59H2,1-2H3,(H,68,71)/b7-5-,13-11-,19-17-,25-23-,31-29-,56-54+. The normalized spacial score (nSPS) is 19.3. The lowest BCUT2D eigenvalue weighted by atomic mass is 9.99. The van der Waals surface area contributed by atoms with Crippen molar-refractivity contribution in [3.63, 3.8) is 0 Å². The Hall–Kier alpha value is -2.37. The number of amides is 1. The van der Waals surface area contributed by atoms with Gasteiger partial charge in [0.05, 0.1) is 25.4 Å². The average Bonchev–Trinajstić information content (AvgIpc) is 3.42. The van der Waals surface area contributed by atoms with Crippen molar-refractivity contribution in [2.24, 2.45) is 0 Å². The van der Waals surface area contributed by atoms with E-state index in [1.807, 2.05) is 6.08 Å². The van der Waals surface area contributed by atoms with Crippen molar-refractivity contribution in [1.29, 1.82) is 0 Å². The number of nitrogens with one attached hydrogen (secondary N) is 1. The van der Waals surface area contributed by atoms with Crippen LogP contribution in [0.2, 0.25) is 0 Å². The molecule has 1 aliphatic rings. The van der Waals surface area contributed by atoms with Crippen LogP contribution in [0.3, 0.4) is 0 Å². The van der Waals surface area contributed by atoms with Crippen molar-refractivity contribution in [2.45, 2.75) is 333 Å². The molecule has 0 aliphatic carbocycles. The second-order valence-corrected chi connectivity index (χ2v) is 22.2. The number of rotatable bonds is 55. The molecule has 6 N–H and O–H groups in total. The topological polar surface area (TPSA) is 149 Å². The summed E-state index contributed by atoms with van der Waals surface area (Å²) >= 11 is 0. The van der Waals surface area contributed by atoms with Crippen molar-refractivity contribution in [2.75, 3.05) is 13.2 Å². The van der Waals surface area contributed by atoms with E-state index in [0.29, 0.717) is 6.42 Å². The molecule has 0 spiro atoms. The number of aliphatic hydroxyl groups excluding tert-OH is 5. The third kappa shape index (κ3) is 44.5. The highest BCUT2D eigenvalue weighted by Crippen LogP contribution is 2.23. The maximum atomic E-state index is 13.1. The molecule has 7 atom stereocenters. The molecule has 1 amide bonds. The van der Waals surface area contributed by atoms with Gasteiger partial charge >= 0.3 is 0 Å². The summed E-state index contributed by atoms with van der Waals surface area (Å²) in [5.41, 5.74) is 0. The molecular weight excluding hydrogens is 947 g/mol. The van der Waals surface area contributed by atoms with Gasteiger partial charge in [0, 0.05) is 6.42 Å². The number of allylic oxidation sites excluding steroid dienone is 11. The first-order chi connectivity index (χ1) is 37.3. The van der Waals surface area contributed by atoms with E-state index >= 15 is 0 Å². The number of carbonyl (C=O) groups excluding carboxylic acids is 1. The predicted molar refractivity (Wildman–Crippen MR) is 322 cm³/mol. The first-order valence-corrected chi connectivity index (χ1v) is 32.2. The number of hydrogen-bond acceptors (Lipinski definition) is 8. The van der Waals surface area contributed by atoms with Gasteiger partial charge in [0.1, 0.15) is 24.4 Å². The van der Waals surface area contributed by atoms with Crippen LogP contribution in [0.1, 0.15) is 290 Å². The van der Waals surface area contributed by atoms with E-state index in [-0.39, 0.29) is 12.5 Å². The fraction of sp³-hybridized carbons (Fsp3) is 0.806. The number of carbonyl (C=O) groups is 1. The Morgan fingerprint density at radius 3 is 1.21 bits per heavy atom. The zero-order valence-electron chi connectivity index (χ0n) is 49.3. The summed E-state index contributed by atoms with van der Waals surface area (Å²) in [4.78, 5) is 13.1. The fourth-order valence-electron chi connectivity index (χ4n) is 10.0. The first kappa shape index (κ1) is 71.6. The molecule has 1 fully saturated rings. The second-order valence-electron chi connectivity index (χ2n) is 22.2. The molecule has 9 nitrogen and oxygen atoms in total. The zero-order valence-corrected chi connectivity index (χ0v) is 49.3. The second kappa shape index (κ2) is 55.9. The molecule has 0 saturated carbocycles. The quantitative estimate of drug-likeness (QED) is 0.0261. The Balaban J connectivity index is 2.19. The van der Waals surface area contributed by atoms with Crippen LogP contribution in [0.5, 0.6) is 0 Å². The van der Waals surface area contributed by atoms with Gasteiger partial charge in [0.2, 0.25) is 5.91 Å². The van der Waals surface area contributed by atoms with Gasteiger partial charge in [0.15, 0.2) is 6.29 Å². The van der Waals surface area contributed by atoms with Gasteiger partial charge in [-0.15, -0.1) is 0 Å². The summed E-state index contributed by atoms with van der Waals surface area (Å²) in [6.45, 7) is 3.69. The van der Waals surface area contributed by atoms with Gasteiger partial charge in [0.25, 0.3) is 0 Å². The van der Waals surface area contributed by atoms with E-state index in [1.165, 1.54) is 199 Å². The van der Waals surface area contributed by atoms with Crippen LogP contribution in [0.15, 0.2) is 72.9 Å². The summed E-state index contributed by atoms with van der Waals surface area (Å²) in [6, 6.07) is -0.812. The van der Waals surface area contributed by atoms with Gasteiger partial charge in [-0.2, -0.15) is 0 Å². The Kier molecular flexibility index (Phi) is 52.7. The van der Waals surface area contributed by atoms with E-state index in [9.17, 15) is 30.3 Å². The molecule has 0 radical (unpaired) electrons. The van der Waals surface area contributed by atoms with Crippen LogP contribution < -0.4 is 5.32 Å². The molecule has 76 heavy (non-hydrogen) atoms. The summed E-state index contributed by atoms with van der Waals surface area (Å²) in [6.07, 6.45) is 71.2. The van der Waals surface area contributed by atoms with E-state index in [2.05, 4.69) is 79.9 Å². The van der Waals surface area contributed by atoms with Crippen molar-refractivity contribution in [3.8, 4) is 0 Å². The summed E-state index contributed by atoms with van der Waals surface area (Å²) in [7, 11) is 0. The molecule has 1 saturated heterocycles. The van der Waals surface area contributed by atoms with Crippen LogP contribution in [-0.2, 0) is 14.3 Å². The third-order valence-corrected chi connectivity index (χ3v) is 15.0. The van der Waals surface area contributed by atoms with Crippen molar-refractivity contribution in [3.05, 3.63) is 72.9 Å². The van der Waals surface area contributed by atoms with Crippen molar-refractivity contribution >= 4 is 5.91 Å². The predicted octanol–water partition coefficient (Wildman–Crippen LogP) is 16.8. The van der Waals surface area contributed by atoms with Crippen molar-refractivity contribution < 1.29 is 39.8 Å². The Morgan fingerprint density at radius 1 is 0.461 bits per heavy atom. The van der Waals surface area contributed by atoms with Crippen LogP contribution in [-0.4, -0.2) is 87.5 Å². The lowest BCUT2D eigenvalue weighted by Gasteiger charge is -2.40. The Morgan fingerprint density at radius 2 is 0.816 bits per heavy atom. The van der Waals surface area contributed by atoms with Crippen LogP contribution >= 0.6 is 0 Å². The van der Waals surface area contributed by atoms with E-state index < -0.39 is 49.5 Å². The summed E-state index contributed by atoms with van der Waals surface area (Å²) in [5.74, 6) is -0.179. The van der Waals surface area contributed by atoms with E-state index in [1.54, 1.807) is 6.08 Å². The molecule has 9 heteroatoms. The largest absolute Gasteiger partial charge is 0.394 e. The van der Waals surface area contributed by atoms with E-state index in [0.717, 1.165) is 70.6 Å². The maximum absolute atomic E-state index is 13.1. The molecule has 1 aliphatic heterocycles. The molecule has 0 bridgehead atoms. The molecule has 0 aromatic rings. The maximum Gasteiger partial charge on any atom is 0.220 e. The smallest absolute Gasteiger partial charge is 0.220 e. The molecule has 7 unspecified atom stereocenters. The van der Waals surface area contributed by atoms with Gasteiger partial charge in [-0.1, -0.05) is 292 Å². The van der Waals surface area contributed by atoms with Gasteiger partial charge in [-0.25, -0.2) is 0 Å². The molecule has 0 aromatic carbocycles. The van der Waals surface area contributed by atoms with Crippen LogP contribution in [0.25, 0.3) is 0 Å². The minimum Gasteiger partial charge on any atom is -0.394 e. The van der Waals surface area contributed by atoms with Crippen LogP contribution in [0, 0.1) is 0 Å². The summed E-state index contributed by atoms with van der Waals surface area (Å²) in [5, 5.41) is 54.7. The highest BCUT2D eigenvalue weighted by Gasteiger charge is 2.44. The molecular formula is C67H121NO8.